The van der Waals surface area contributed by atoms with Crippen molar-refractivity contribution in [2.45, 2.75) is 6.42 Å². The van der Waals surface area contributed by atoms with Gasteiger partial charge in [0.1, 0.15) is 21.5 Å². The van der Waals surface area contributed by atoms with E-state index in [-0.39, 0.29) is 5.69 Å². The number of rotatable bonds is 2. The molecule has 2 heterocycles. The summed E-state index contributed by atoms with van der Waals surface area (Å²) in [4.78, 5) is 14.0. The second-order valence-corrected chi connectivity index (χ2v) is 5.08. The smallest absolute Gasteiger partial charge is 0.350 e. The first-order valence-corrected chi connectivity index (χ1v) is 6.74. The minimum atomic E-state index is -0.503. The van der Waals surface area contributed by atoms with E-state index in [1.807, 2.05) is 4.90 Å². The molecule has 0 unspecified atom stereocenters. The van der Waals surface area contributed by atoms with Gasteiger partial charge in [0, 0.05) is 19.7 Å². The Kier molecular flexibility index (Phi) is 4.24. The molecule has 0 spiro atoms. The van der Waals surface area contributed by atoms with E-state index < -0.39 is 5.97 Å². The highest BCUT2D eigenvalue weighted by Gasteiger charge is 2.25. The number of hydrogen-bond acceptors (Lipinski definition) is 7. The van der Waals surface area contributed by atoms with Crippen LogP contribution in [0.2, 0.25) is 0 Å². The van der Waals surface area contributed by atoms with E-state index in [9.17, 15) is 10.1 Å². The Morgan fingerprint density at radius 3 is 3.00 bits per heavy atom. The average Bonchev–Trinajstić information content (AvgIpc) is 2.61. The summed E-state index contributed by atoms with van der Waals surface area (Å²) in [6.07, 6.45) is 0.885. The van der Waals surface area contributed by atoms with E-state index in [4.69, 9.17) is 10.5 Å². The number of esters is 1. The van der Waals surface area contributed by atoms with Crippen LogP contribution < -0.4 is 10.6 Å². The van der Waals surface area contributed by atoms with Crippen LogP contribution in [0.4, 0.5) is 10.7 Å². The van der Waals surface area contributed by atoms with Crippen LogP contribution in [0.5, 0.6) is 0 Å². The second-order valence-electron chi connectivity index (χ2n) is 4.08. The number of nitrogens with two attached hydrogens (primary N) is 1. The minimum absolute atomic E-state index is 0.208. The molecule has 1 aliphatic rings. The number of carbonyl (C=O) groups is 1. The van der Waals surface area contributed by atoms with Crippen LogP contribution in [0.25, 0.3) is 0 Å². The van der Waals surface area contributed by atoms with E-state index in [0.717, 1.165) is 18.0 Å². The van der Waals surface area contributed by atoms with Gasteiger partial charge >= 0.3 is 5.97 Å². The molecule has 0 atom stereocenters. The summed E-state index contributed by atoms with van der Waals surface area (Å²) in [6.45, 7) is 2.80. The first-order chi connectivity index (χ1) is 9.19. The molecule has 0 amide bonds. The van der Waals surface area contributed by atoms with E-state index in [0.29, 0.717) is 30.2 Å². The first kappa shape index (κ1) is 13.6. The first-order valence-electron chi connectivity index (χ1n) is 5.92. The van der Waals surface area contributed by atoms with Gasteiger partial charge in [-0.05, 0) is 6.42 Å². The van der Waals surface area contributed by atoms with E-state index in [1.54, 1.807) is 0 Å². The van der Waals surface area contributed by atoms with Crippen LogP contribution in [0.3, 0.4) is 0 Å². The van der Waals surface area contributed by atoms with Gasteiger partial charge in [-0.25, -0.2) is 4.79 Å². The van der Waals surface area contributed by atoms with Gasteiger partial charge in [0.05, 0.1) is 19.4 Å². The van der Waals surface area contributed by atoms with Crippen molar-refractivity contribution in [3.8, 4) is 6.07 Å². The van der Waals surface area contributed by atoms with Crippen LogP contribution in [-0.4, -0.2) is 39.4 Å². The second kappa shape index (κ2) is 5.91. The molecular formula is C12H15N3O3S. The predicted octanol–water partition coefficient (Wildman–Crippen LogP) is 1.22. The summed E-state index contributed by atoms with van der Waals surface area (Å²) in [5, 5.41) is 9.96. The fraction of sp³-hybridized carbons (Fsp3) is 0.500. The van der Waals surface area contributed by atoms with Gasteiger partial charge in [-0.3, -0.25) is 0 Å². The number of carbonyl (C=O) groups excluding carboxylic acids is 1. The molecule has 0 bridgehead atoms. The zero-order chi connectivity index (χ0) is 13.8. The Labute approximate surface area is 115 Å². The number of hydrogen-bond donors (Lipinski definition) is 1. The molecule has 1 fully saturated rings. The van der Waals surface area contributed by atoms with Gasteiger partial charge in [-0.15, -0.1) is 11.3 Å². The Bertz CT molecular complexity index is 513. The lowest BCUT2D eigenvalue weighted by atomic mass is 10.2. The largest absolute Gasteiger partial charge is 0.465 e. The molecule has 1 aromatic heterocycles. The van der Waals surface area contributed by atoms with Gasteiger partial charge in [-0.2, -0.15) is 5.26 Å². The van der Waals surface area contributed by atoms with Gasteiger partial charge in [0.15, 0.2) is 0 Å². The minimum Gasteiger partial charge on any atom is -0.465 e. The third-order valence-corrected chi connectivity index (χ3v) is 4.16. The lowest BCUT2D eigenvalue weighted by molar-refractivity contribution is 0.0607. The molecule has 102 valence electrons. The molecule has 0 aromatic carbocycles. The van der Waals surface area contributed by atoms with Crippen molar-refractivity contribution in [1.82, 2.24) is 0 Å². The number of ether oxygens (including phenoxy) is 2. The predicted molar refractivity (Wildman–Crippen MR) is 72.4 cm³/mol. The van der Waals surface area contributed by atoms with E-state index in [2.05, 4.69) is 10.8 Å². The Morgan fingerprint density at radius 1 is 1.53 bits per heavy atom. The van der Waals surface area contributed by atoms with Crippen molar-refractivity contribution < 1.29 is 14.3 Å². The summed E-state index contributed by atoms with van der Waals surface area (Å²) < 4.78 is 10.1. The van der Waals surface area contributed by atoms with Crippen molar-refractivity contribution in [2.24, 2.45) is 0 Å². The Morgan fingerprint density at radius 2 is 2.32 bits per heavy atom. The number of thiophene rings is 1. The maximum Gasteiger partial charge on any atom is 0.350 e. The van der Waals surface area contributed by atoms with Crippen LogP contribution in [0.1, 0.15) is 21.7 Å². The van der Waals surface area contributed by atoms with Crippen LogP contribution in [0, 0.1) is 11.3 Å². The zero-order valence-electron chi connectivity index (χ0n) is 10.6. The van der Waals surface area contributed by atoms with Crippen molar-refractivity contribution >= 4 is 28.0 Å². The van der Waals surface area contributed by atoms with Gasteiger partial charge in [0.25, 0.3) is 0 Å². The van der Waals surface area contributed by atoms with Crippen molar-refractivity contribution in [2.75, 3.05) is 44.0 Å². The summed E-state index contributed by atoms with van der Waals surface area (Å²) >= 11 is 1.21. The van der Waals surface area contributed by atoms with Crippen LogP contribution in [0.15, 0.2) is 0 Å². The highest BCUT2D eigenvalue weighted by atomic mass is 32.1. The van der Waals surface area contributed by atoms with Crippen molar-refractivity contribution in [3.05, 3.63) is 10.4 Å². The average molecular weight is 281 g/mol. The zero-order valence-corrected chi connectivity index (χ0v) is 11.5. The number of anilines is 2. The summed E-state index contributed by atoms with van der Waals surface area (Å²) in [6, 6.07) is 2.08. The van der Waals surface area contributed by atoms with Gasteiger partial charge in [-0.1, -0.05) is 0 Å². The monoisotopic (exact) mass is 281 g/mol. The summed E-state index contributed by atoms with van der Waals surface area (Å²) in [7, 11) is 1.30. The third kappa shape index (κ3) is 2.64. The fourth-order valence-corrected chi connectivity index (χ4v) is 3.10. The topological polar surface area (TPSA) is 88.6 Å². The molecule has 19 heavy (non-hydrogen) atoms. The van der Waals surface area contributed by atoms with Crippen molar-refractivity contribution in [3.63, 3.8) is 0 Å². The molecule has 1 aliphatic heterocycles. The molecule has 0 radical (unpaired) electrons. The lowest BCUT2D eigenvalue weighted by Crippen LogP contribution is -2.25. The molecule has 0 aliphatic carbocycles. The van der Waals surface area contributed by atoms with Gasteiger partial charge in [0.2, 0.25) is 0 Å². The molecule has 0 saturated carbocycles. The van der Waals surface area contributed by atoms with Crippen LogP contribution in [-0.2, 0) is 9.47 Å². The third-order valence-electron chi connectivity index (χ3n) is 2.92. The number of nitrogens with zero attached hydrogens (tertiary/aromatic N) is 2. The summed E-state index contributed by atoms with van der Waals surface area (Å²) in [5.74, 6) is -0.503. The standard InChI is InChI=1S/C12H15N3O3S/c1-17-12(16)10-9(14)8(7-13)11(19-10)15-3-2-5-18-6-4-15/h2-6,14H2,1H3. The normalized spacial score (nSPS) is 15.7. The molecule has 1 saturated heterocycles. The molecular weight excluding hydrogens is 266 g/mol. The Balaban J connectivity index is 2.39. The van der Waals surface area contributed by atoms with Crippen LogP contribution >= 0.6 is 11.3 Å². The maximum atomic E-state index is 11.6. The highest BCUT2D eigenvalue weighted by molar-refractivity contribution is 7.18. The molecule has 1 aromatic rings. The molecule has 2 rings (SSSR count). The van der Waals surface area contributed by atoms with E-state index >= 15 is 0 Å². The SMILES string of the molecule is COC(=O)c1sc(N2CCCOCC2)c(C#N)c1N. The number of nitriles is 1. The summed E-state index contributed by atoms with van der Waals surface area (Å²) in [5.41, 5.74) is 6.43. The van der Waals surface area contributed by atoms with Gasteiger partial charge < -0.3 is 20.1 Å². The highest BCUT2D eigenvalue weighted by Crippen LogP contribution is 2.38. The number of methoxy groups -OCH3 is 1. The molecule has 2 N–H and O–H groups in total. The molecule has 6 nitrogen and oxygen atoms in total. The lowest BCUT2D eigenvalue weighted by Gasteiger charge is -2.20. The number of nitrogen functional groups attached to an aromatic ring is 1. The van der Waals surface area contributed by atoms with Crippen molar-refractivity contribution in [1.29, 1.82) is 5.26 Å². The van der Waals surface area contributed by atoms with E-state index in [1.165, 1.54) is 18.4 Å². The maximum absolute atomic E-state index is 11.6. The Hall–Kier alpha value is -1.78. The quantitative estimate of drug-likeness (QED) is 0.820. The fourth-order valence-electron chi connectivity index (χ4n) is 1.96. The molecule has 7 heteroatoms.